The summed E-state index contributed by atoms with van der Waals surface area (Å²) < 4.78 is 16.2. The average Bonchev–Trinajstić information content (AvgIpc) is 3.00. The van der Waals surface area contributed by atoms with Crippen molar-refractivity contribution in [2.45, 2.75) is 33.2 Å². The number of rotatable bonds is 10. The fourth-order valence-corrected chi connectivity index (χ4v) is 2.34. The molecule has 0 aliphatic carbocycles. The number of carbonyl (C=O) groups excluding carboxylic acids is 1. The van der Waals surface area contributed by atoms with E-state index >= 15 is 0 Å². The van der Waals surface area contributed by atoms with Crippen LogP contribution in [0.1, 0.15) is 41.6 Å². The van der Waals surface area contributed by atoms with Crippen molar-refractivity contribution in [2.75, 3.05) is 13.2 Å². The summed E-state index contributed by atoms with van der Waals surface area (Å²) >= 11 is 0. The Hall–Kier alpha value is -2.96. The van der Waals surface area contributed by atoms with Gasteiger partial charge in [0.25, 0.3) is 0 Å². The minimum Gasteiger partial charge on any atom is -0.494 e. The Morgan fingerprint density at radius 1 is 1.15 bits per heavy atom. The highest BCUT2D eigenvalue weighted by Crippen LogP contribution is 2.18. The topological polar surface area (TPSA) is 98.0 Å². The molecule has 0 radical (unpaired) electrons. The molecule has 1 aromatic heterocycles. The first-order chi connectivity index (χ1) is 12.5. The van der Waals surface area contributed by atoms with Crippen molar-refractivity contribution in [2.24, 2.45) is 0 Å². The number of carbonyl (C=O) groups is 2. The maximum absolute atomic E-state index is 11.8. The third kappa shape index (κ3) is 5.84. The zero-order valence-corrected chi connectivity index (χ0v) is 14.9. The van der Waals surface area contributed by atoms with Crippen LogP contribution in [0.25, 0.3) is 0 Å². The molecule has 0 saturated heterocycles. The Balaban J connectivity index is 1.66. The van der Waals surface area contributed by atoms with Crippen LogP contribution in [0.3, 0.4) is 0 Å². The van der Waals surface area contributed by atoms with Gasteiger partial charge in [-0.25, -0.2) is 4.79 Å². The molecule has 0 saturated carbocycles. The fourth-order valence-electron chi connectivity index (χ4n) is 2.34. The maximum Gasteiger partial charge on any atom is 0.339 e. The number of hydrogen-bond acceptors (Lipinski definition) is 5. The molecular formula is C19H23NO6. The number of furan rings is 1. The number of amides is 1. The summed E-state index contributed by atoms with van der Waals surface area (Å²) in [4.78, 5) is 22.8. The van der Waals surface area contributed by atoms with Crippen molar-refractivity contribution in [1.29, 1.82) is 0 Å². The van der Waals surface area contributed by atoms with E-state index in [1.807, 2.05) is 31.2 Å². The van der Waals surface area contributed by atoms with Gasteiger partial charge in [-0.05, 0) is 50.6 Å². The number of carboxylic acid groups (broad SMARTS) is 1. The van der Waals surface area contributed by atoms with Gasteiger partial charge in [0.2, 0.25) is 5.91 Å². The normalized spacial score (nSPS) is 10.4. The van der Waals surface area contributed by atoms with Crippen LogP contribution in [-0.4, -0.2) is 30.2 Å². The average molecular weight is 361 g/mol. The lowest BCUT2D eigenvalue weighted by atomic mass is 10.2. The van der Waals surface area contributed by atoms with Crippen LogP contribution in [0.2, 0.25) is 0 Å². The van der Waals surface area contributed by atoms with Gasteiger partial charge < -0.3 is 24.3 Å². The van der Waals surface area contributed by atoms with E-state index < -0.39 is 5.97 Å². The maximum atomic E-state index is 11.8. The number of benzene rings is 1. The zero-order chi connectivity index (χ0) is 18.9. The quantitative estimate of drug-likeness (QED) is 0.631. The van der Waals surface area contributed by atoms with Crippen LogP contribution in [0.4, 0.5) is 0 Å². The predicted octanol–water partition coefficient (Wildman–Crippen LogP) is 3.16. The van der Waals surface area contributed by atoms with Gasteiger partial charge in [0.05, 0.1) is 19.8 Å². The summed E-state index contributed by atoms with van der Waals surface area (Å²) in [6.07, 6.45) is 0.874. The number of hydrogen-bond donors (Lipinski definition) is 2. The van der Waals surface area contributed by atoms with E-state index in [4.69, 9.17) is 19.0 Å². The van der Waals surface area contributed by atoms with Crippen LogP contribution in [0.5, 0.6) is 11.5 Å². The summed E-state index contributed by atoms with van der Waals surface area (Å²) in [5.41, 5.74) is 0.109. The Morgan fingerprint density at radius 2 is 1.81 bits per heavy atom. The zero-order valence-electron chi connectivity index (χ0n) is 14.9. The van der Waals surface area contributed by atoms with Crippen LogP contribution < -0.4 is 14.8 Å². The van der Waals surface area contributed by atoms with E-state index in [0.29, 0.717) is 37.6 Å². The van der Waals surface area contributed by atoms with Crippen molar-refractivity contribution in [1.82, 2.24) is 5.32 Å². The molecule has 140 valence electrons. The Kier molecular flexibility index (Phi) is 7.08. The molecular weight excluding hydrogens is 338 g/mol. The van der Waals surface area contributed by atoms with E-state index in [1.165, 1.54) is 6.07 Å². The van der Waals surface area contributed by atoms with Gasteiger partial charge >= 0.3 is 5.97 Å². The van der Waals surface area contributed by atoms with E-state index in [0.717, 1.165) is 11.5 Å². The molecule has 1 amide bonds. The second kappa shape index (κ2) is 9.50. The van der Waals surface area contributed by atoms with E-state index in [1.54, 1.807) is 6.92 Å². The first-order valence-corrected chi connectivity index (χ1v) is 8.44. The lowest BCUT2D eigenvalue weighted by Gasteiger charge is -2.08. The molecule has 2 aromatic rings. The molecule has 0 aliphatic heterocycles. The molecule has 7 heteroatoms. The van der Waals surface area contributed by atoms with Gasteiger partial charge in [-0.15, -0.1) is 0 Å². The van der Waals surface area contributed by atoms with Crippen molar-refractivity contribution in [3.05, 3.63) is 47.4 Å². The van der Waals surface area contributed by atoms with E-state index in [2.05, 4.69) is 5.32 Å². The Labute approximate surface area is 151 Å². The molecule has 7 nitrogen and oxygen atoms in total. The van der Waals surface area contributed by atoms with Crippen molar-refractivity contribution in [3.8, 4) is 11.5 Å². The highest BCUT2D eigenvalue weighted by atomic mass is 16.5. The molecule has 0 aliphatic rings. The standard InChI is InChI=1S/C19H23NO6/c1-3-24-14-6-8-15(9-7-14)25-10-4-5-18(21)20-12-16-11-17(19(22)23)13(2)26-16/h6-9,11H,3-5,10,12H2,1-2H3,(H,20,21)(H,22,23). The Bertz CT molecular complexity index is 735. The molecule has 0 unspecified atom stereocenters. The fraction of sp³-hybridized carbons (Fsp3) is 0.368. The third-order valence-corrected chi connectivity index (χ3v) is 3.61. The van der Waals surface area contributed by atoms with E-state index in [9.17, 15) is 9.59 Å². The molecule has 1 heterocycles. The number of aromatic carboxylic acids is 1. The minimum absolute atomic E-state index is 0.109. The van der Waals surface area contributed by atoms with Gasteiger partial charge in [-0.2, -0.15) is 0 Å². The summed E-state index contributed by atoms with van der Waals surface area (Å²) in [6, 6.07) is 8.74. The highest BCUT2D eigenvalue weighted by molar-refractivity contribution is 5.88. The Morgan fingerprint density at radius 3 is 2.38 bits per heavy atom. The molecule has 0 bridgehead atoms. The molecule has 0 fully saturated rings. The monoisotopic (exact) mass is 361 g/mol. The second-order valence-electron chi connectivity index (χ2n) is 5.62. The lowest BCUT2D eigenvalue weighted by Crippen LogP contribution is -2.22. The van der Waals surface area contributed by atoms with Crippen molar-refractivity contribution in [3.63, 3.8) is 0 Å². The first kappa shape index (κ1) is 19.4. The number of ether oxygens (including phenoxy) is 2. The van der Waals surface area contributed by atoms with Crippen molar-refractivity contribution >= 4 is 11.9 Å². The molecule has 1 aromatic carbocycles. The number of aryl methyl sites for hydroxylation is 1. The van der Waals surface area contributed by atoms with Gasteiger partial charge in [0.15, 0.2) is 0 Å². The van der Waals surface area contributed by atoms with Gasteiger partial charge in [0, 0.05) is 6.42 Å². The number of carboxylic acids is 1. The van der Waals surface area contributed by atoms with Crippen LogP contribution in [0, 0.1) is 6.92 Å². The summed E-state index contributed by atoms with van der Waals surface area (Å²) in [5, 5.41) is 11.7. The third-order valence-electron chi connectivity index (χ3n) is 3.61. The smallest absolute Gasteiger partial charge is 0.339 e. The molecule has 2 N–H and O–H groups in total. The SMILES string of the molecule is CCOc1ccc(OCCCC(=O)NCc2cc(C(=O)O)c(C)o2)cc1. The molecule has 0 spiro atoms. The molecule has 0 atom stereocenters. The van der Waals surface area contributed by atoms with Gasteiger partial charge in [0.1, 0.15) is 28.6 Å². The summed E-state index contributed by atoms with van der Waals surface area (Å²) in [5.74, 6) is 1.06. The predicted molar refractivity (Wildman–Crippen MR) is 94.6 cm³/mol. The molecule has 2 rings (SSSR count). The van der Waals surface area contributed by atoms with Crippen LogP contribution in [-0.2, 0) is 11.3 Å². The van der Waals surface area contributed by atoms with Crippen LogP contribution >= 0.6 is 0 Å². The largest absolute Gasteiger partial charge is 0.494 e. The first-order valence-electron chi connectivity index (χ1n) is 8.44. The van der Waals surface area contributed by atoms with E-state index in [-0.39, 0.29) is 18.0 Å². The lowest BCUT2D eigenvalue weighted by molar-refractivity contribution is -0.121. The molecule has 26 heavy (non-hydrogen) atoms. The van der Waals surface area contributed by atoms with Crippen molar-refractivity contribution < 1.29 is 28.6 Å². The van der Waals surface area contributed by atoms with Crippen LogP contribution in [0.15, 0.2) is 34.7 Å². The summed E-state index contributed by atoms with van der Waals surface area (Å²) in [6.45, 7) is 4.70. The number of nitrogens with one attached hydrogen (secondary N) is 1. The van der Waals surface area contributed by atoms with Gasteiger partial charge in [-0.3, -0.25) is 4.79 Å². The highest BCUT2D eigenvalue weighted by Gasteiger charge is 2.14. The second-order valence-corrected chi connectivity index (χ2v) is 5.62. The minimum atomic E-state index is -1.05. The van der Waals surface area contributed by atoms with Gasteiger partial charge in [-0.1, -0.05) is 0 Å². The summed E-state index contributed by atoms with van der Waals surface area (Å²) in [7, 11) is 0.